The molecule has 19 heavy (non-hydrogen) atoms. The summed E-state index contributed by atoms with van der Waals surface area (Å²) in [5.41, 5.74) is 8.16. The third-order valence-electron chi connectivity index (χ3n) is 2.85. The van der Waals surface area contributed by atoms with Gasteiger partial charge in [0.15, 0.2) is 0 Å². The minimum absolute atomic E-state index is 0.304. The Bertz CT molecular complexity index is 566. The number of nitrogens with two attached hydrogens (primary N) is 1. The zero-order valence-corrected chi connectivity index (χ0v) is 11.6. The van der Waals surface area contributed by atoms with Crippen LogP contribution in [0.15, 0.2) is 42.6 Å². The first-order valence-corrected chi connectivity index (χ1v) is 6.16. The fraction of sp³-hybridized carbons (Fsp3) is 0.143. The lowest BCUT2D eigenvalue weighted by atomic mass is 10.2. The van der Waals surface area contributed by atoms with Crippen LogP contribution in [0.5, 0.6) is 5.75 Å². The van der Waals surface area contributed by atoms with Gasteiger partial charge in [-0.15, -0.1) is 0 Å². The maximum Gasteiger partial charge on any atom is 0.122 e. The Morgan fingerprint density at radius 1 is 1.16 bits per heavy atom. The van der Waals surface area contributed by atoms with Crippen molar-refractivity contribution < 1.29 is 4.74 Å². The molecule has 1 aromatic carbocycles. The molecule has 0 spiro atoms. The van der Waals surface area contributed by atoms with Crippen molar-refractivity contribution in [3.05, 3.63) is 48.3 Å². The van der Waals surface area contributed by atoms with Gasteiger partial charge in [0.05, 0.1) is 24.7 Å². The number of rotatable bonds is 4. The molecule has 0 amide bonds. The molecule has 0 radical (unpaired) electrons. The molecule has 1 aromatic heterocycles. The molecule has 0 aliphatic carbocycles. The maximum atomic E-state index is 5.52. The first kappa shape index (κ1) is 13.3. The van der Waals surface area contributed by atoms with Crippen molar-refractivity contribution in [1.29, 1.82) is 0 Å². The van der Waals surface area contributed by atoms with Crippen LogP contribution in [0.4, 0.5) is 11.4 Å². The minimum Gasteiger partial charge on any atom is -0.497 e. The highest BCUT2D eigenvalue weighted by Crippen LogP contribution is 2.24. The van der Waals surface area contributed by atoms with Crippen molar-refractivity contribution in [3.8, 4) is 5.75 Å². The summed E-state index contributed by atoms with van der Waals surface area (Å²) in [7, 11) is 3.62. The van der Waals surface area contributed by atoms with Gasteiger partial charge in [0.25, 0.3) is 0 Å². The molecule has 1 heterocycles. The van der Waals surface area contributed by atoms with E-state index in [4.69, 9.17) is 22.7 Å². The number of benzene rings is 1. The smallest absolute Gasteiger partial charge is 0.122 e. The SMILES string of the molecule is COc1ccc(N(C)c2ccc(C(N)=S)nc2)cc1. The van der Waals surface area contributed by atoms with Crippen LogP contribution in [0.2, 0.25) is 0 Å². The van der Waals surface area contributed by atoms with Gasteiger partial charge in [-0.3, -0.25) is 4.98 Å². The van der Waals surface area contributed by atoms with E-state index >= 15 is 0 Å². The second kappa shape index (κ2) is 5.67. The van der Waals surface area contributed by atoms with Gasteiger partial charge in [0, 0.05) is 12.7 Å². The minimum atomic E-state index is 0.304. The molecule has 0 saturated heterocycles. The van der Waals surface area contributed by atoms with E-state index in [9.17, 15) is 0 Å². The molecule has 2 rings (SSSR count). The molecule has 0 atom stereocenters. The van der Waals surface area contributed by atoms with Crippen LogP contribution in [-0.4, -0.2) is 24.1 Å². The zero-order valence-electron chi connectivity index (χ0n) is 10.8. The molecule has 4 nitrogen and oxygen atoms in total. The molecule has 0 bridgehead atoms. The third-order valence-corrected chi connectivity index (χ3v) is 3.06. The highest BCUT2D eigenvalue weighted by atomic mass is 32.1. The monoisotopic (exact) mass is 273 g/mol. The first-order chi connectivity index (χ1) is 9.11. The number of nitrogens with zero attached hydrogens (tertiary/aromatic N) is 2. The summed E-state index contributed by atoms with van der Waals surface area (Å²) in [6.07, 6.45) is 1.75. The molecule has 0 aliphatic heterocycles. The number of pyridine rings is 1. The van der Waals surface area contributed by atoms with Gasteiger partial charge >= 0.3 is 0 Å². The lowest BCUT2D eigenvalue weighted by molar-refractivity contribution is 0.415. The maximum absolute atomic E-state index is 5.52. The van der Waals surface area contributed by atoms with Gasteiger partial charge in [0.1, 0.15) is 10.7 Å². The molecule has 0 aliphatic rings. The molecule has 0 saturated carbocycles. The fourth-order valence-corrected chi connectivity index (χ4v) is 1.81. The number of anilines is 2. The lowest BCUT2D eigenvalue weighted by Crippen LogP contribution is -2.13. The van der Waals surface area contributed by atoms with Crippen LogP contribution >= 0.6 is 12.2 Å². The zero-order chi connectivity index (χ0) is 13.8. The second-order valence-corrected chi connectivity index (χ2v) is 4.46. The second-order valence-electron chi connectivity index (χ2n) is 4.02. The average molecular weight is 273 g/mol. The van der Waals surface area contributed by atoms with Gasteiger partial charge in [-0.25, -0.2) is 0 Å². The van der Waals surface area contributed by atoms with Crippen LogP contribution in [-0.2, 0) is 0 Å². The summed E-state index contributed by atoms with van der Waals surface area (Å²) in [5, 5.41) is 0. The lowest BCUT2D eigenvalue weighted by Gasteiger charge is -2.19. The highest BCUT2D eigenvalue weighted by molar-refractivity contribution is 7.80. The van der Waals surface area contributed by atoms with E-state index in [1.807, 2.05) is 48.3 Å². The van der Waals surface area contributed by atoms with Crippen molar-refractivity contribution in [2.45, 2.75) is 0 Å². The number of ether oxygens (including phenoxy) is 1. The van der Waals surface area contributed by atoms with Gasteiger partial charge in [-0.05, 0) is 36.4 Å². The Hall–Kier alpha value is -2.14. The standard InChI is InChI=1S/C14H15N3OS/c1-17(10-3-6-12(18-2)7-4-10)11-5-8-13(14(15)19)16-9-11/h3-9H,1-2H3,(H2,15,19). The number of hydrogen-bond donors (Lipinski definition) is 1. The summed E-state index contributed by atoms with van der Waals surface area (Å²) < 4.78 is 5.14. The predicted octanol–water partition coefficient (Wildman–Crippen LogP) is 2.49. The van der Waals surface area contributed by atoms with Crippen LogP contribution in [0.25, 0.3) is 0 Å². The quantitative estimate of drug-likeness (QED) is 0.867. The molecule has 98 valence electrons. The number of methoxy groups -OCH3 is 1. The highest BCUT2D eigenvalue weighted by Gasteiger charge is 2.05. The predicted molar refractivity (Wildman–Crippen MR) is 81.2 cm³/mol. The van der Waals surface area contributed by atoms with Crippen LogP contribution in [0, 0.1) is 0 Å². The van der Waals surface area contributed by atoms with E-state index in [-0.39, 0.29) is 0 Å². The molecule has 2 aromatic rings. The van der Waals surface area contributed by atoms with Crippen molar-refractivity contribution in [1.82, 2.24) is 4.98 Å². The first-order valence-electron chi connectivity index (χ1n) is 5.75. The summed E-state index contributed by atoms with van der Waals surface area (Å²) >= 11 is 4.88. The molecule has 0 fully saturated rings. The fourth-order valence-electron chi connectivity index (χ4n) is 1.69. The Morgan fingerprint density at radius 3 is 2.26 bits per heavy atom. The van der Waals surface area contributed by atoms with E-state index in [0.29, 0.717) is 10.7 Å². The van der Waals surface area contributed by atoms with Crippen LogP contribution in [0.1, 0.15) is 5.69 Å². The van der Waals surface area contributed by atoms with E-state index in [1.165, 1.54) is 0 Å². The Balaban J connectivity index is 2.22. The van der Waals surface area contributed by atoms with E-state index in [0.717, 1.165) is 17.1 Å². The number of thiocarbonyl (C=S) groups is 1. The number of hydrogen-bond acceptors (Lipinski definition) is 4. The summed E-state index contributed by atoms with van der Waals surface area (Å²) in [4.78, 5) is 6.55. The van der Waals surface area contributed by atoms with Crippen LogP contribution < -0.4 is 15.4 Å². The number of aromatic nitrogens is 1. The van der Waals surface area contributed by atoms with Crippen LogP contribution in [0.3, 0.4) is 0 Å². The summed E-state index contributed by atoms with van der Waals surface area (Å²) in [6.45, 7) is 0. The molecular weight excluding hydrogens is 258 g/mol. The molecule has 2 N–H and O–H groups in total. The molecular formula is C14H15N3OS. The van der Waals surface area contributed by atoms with Crippen molar-refractivity contribution in [2.75, 3.05) is 19.1 Å². The van der Waals surface area contributed by atoms with E-state index < -0.39 is 0 Å². The van der Waals surface area contributed by atoms with Gasteiger partial charge in [0.2, 0.25) is 0 Å². The molecule has 0 unspecified atom stereocenters. The molecule has 5 heteroatoms. The van der Waals surface area contributed by atoms with E-state index in [2.05, 4.69) is 4.98 Å². The topological polar surface area (TPSA) is 51.4 Å². The van der Waals surface area contributed by atoms with Crippen molar-refractivity contribution in [2.24, 2.45) is 5.73 Å². The van der Waals surface area contributed by atoms with Gasteiger partial charge in [-0.2, -0.15) is 0 Å². The largest absolute Gasteiger partial charge is 0.497 e. The normalized spacial score (nSPS) is 10.0. The Kier molecular flexibility index (Phi) is 3.97. The summed E-state index contributed by atoms with van der Waals surface area (Å²) in [6, 6.07) is 11.6. The third kappa shape index (κ3) is 3.00. The Labute approximate surface area is 117 Å². The van der Waals surface area contributed by atoms with Crippen molar-refractivity contribution in [3.63, 3.8) is 0 Å². The van der Waals surface area contributed by atoms with E-state index in [1.54, 1.807) is 13.3 Å². The van der Waals surface area contributed by atoms with Crippen molar-refractivity contribution >= 4 is 28.6 Å². The Morgan fingerprint density at radius 2 is 1.79 bits per heavy atom. The van der Waals surface area contributed by atoms with Gasteiger partial charge in [-0.1, -0.05) is 12.2 Å². The van der Waals surface area contributed by atoms with Gasteiger partial charge < -0.3 is 15.4 Å². The average Bonchev–Trinajstić information content (AvgIpc) is 2.46. The summed E-state index contributed by atoms with van der Waals surface area (Å²) in [5.74, 6) is 0.833.